The molecule has 1 amide bonds. The van der Waals surface area contributed by atoms with Crippen LogP contribution < -0.4 is 10.6 Å². The number of anilines is 1. The van der Waals surface area contributed by atoms with Crippen LogP contribution in [-0.4, -0.2) is 91.1 Å². The molecule has 0 bridgehead atoms. The van der Waals surface area contributed by atoms with Gasteiger partial charge in [0.2, 0.25) is 0 Å². The number of nitrogens with zero attached hydrogens (tertiary/aromatic N) is 5. The summed E-state index contributed by atoms with van der Waals surface area (Å²) in [4.78, 5) is 31.5. The summed E-state index contributed by atoms with van der Waals surface area (Å²) in [5.74, 6) is 0.0936. The summed E-state index contributed by atoms with van der Waals surface area (Å²) in [7, 11) is 0.475. The average molecular weight is 550 g/mol. The zero-order chi connectivity index (χ0) is 27.8. The Morgan fingerprint density at radius 2 is 1.76 bits per heavy atom. The molecule has 2 fully saturated rings. The molecule has 212 valence electrons. The highest BCUT2D eigenvalue weighted by molar-refractivity contribution is 6.76. The lowest BCUT2D eigenvalue weighted by atomic mass is 9.97. The number of aryl methyl sites for hydroxylation is 1. The summed E-state index contributed by atoms with van der Waals surface area (Å²) in [6.07, 6.45) is -0.255. The third-order valence-electron chi connectivity index (χ3n) is 7.26. The van der Waals surface area contributed by atoms with E-state index in [1.54, 1.807) is 27.1 Å². The standard InChI is InChI=1S/C27H44FN5O4Si/c1-27(2,3)37-26(35)31-12-10-30(11-13-31)16-20-17-32(18-20)23-21(28)8-9-22-24(23)29(4)25(34)33(22)19-36-14-15-38(5,6)7/h8-9,20H,10-19H2,1-7H3. The van der Waals surface area contributed by atoms with Gasteiger partial charge in [-0.2, -0.15) is 0 Å². The molecule has 4 rings (SSSR count). The summed E-state index contributed by atoms with van der Waals surface area (Å²) in [5.41, 5.74) is 1.12. The van der Waals surface area contributed by atoms with Gasteiger partial charge in [0.1, 0.15) is 18.1 Å². The second-order valence-electron chi connectivity index (χ2n) is 12.9. The number of fused-ring (bicyclic) bond motifs is 1. The van der Waals surface area contributed by atoms with Crippen LogP contribution in [0.15, 0.2) is 16.9 Å². The first-order valence-corrected chi connectivity index (χ1v) is 17.3. The summed E-state index contributed by atoms with van der Waals surface area (Å²) < 4.78 is 29.6. The molecule has 2 aliphatic rings. The third-order valence-corrected chi connectivity index (χ3v) is 8.96. The lowest BCUT2D eigenvalue weighted by Crippen LogP contribution is -2.56. The number of piperazine rings is 1. The maximum absolute atomic E-state index is 15.1. The number of hydrogen-bond donors (Lipinski definition) is 0. The van der Waals surface area contributed by atoms with E-state index in [1.807, 2.05) is 25.7 Å². The van der Waals surface area contributed by atoms with Gasteiger partial charge in [-0.15, -0.1) is 0 Å². The number of ether oxygens (including phenoxy) is 2. The Labute approximate surface area is 226 Å². The summed E-state index contributed by atoms with van der Waals surface area (Å²) in [6, 6.07) is 4.16. The molecule has 2 aromatic rings. The Hall–Kier alpha value is -2.37. The first-order chi connectivity index (χ1) is 17.7. The van der Waals surface area contributed by atoms with E-state index in [2.05, 4.69) is 24.5 Å². The van der Waals surface area contributed by atoms with E-state index >= 15 is 4.39 Å². The van der Waals surface area contributed by atoms with Gasteiger partial charge in [-0.1, -0.05) is 19.6 Å². The Morgan fingerprint density at radius 3 is 2.37 bits per heavy atom. The molecule has 38 heavy (non-hydrogen) atoms. The van der Waals surface area contributed by atoms with Gasteiger partial charge in [0.25, 0.3) is 0 Å². The van der Waals surface area contributed by atoms with Crippen molar-refractivity contribution in [1.29, 1.82) is 0 Å². The van der Waals surface area contributed by atoms with Crippen molar-refractivity contribution in [3.05, 3.63) is 28.4 Å². The molecule has 0 spiro atoms. The van der Waals surface area contributed by atoms with Crippen LogP contribution >= 0.6 is 0 Å². The van der Waals surface area contributed by atoms with E-state index in [-0.39, 0.29) is 24.3 Å². The summed E-state index contributed by atoms with van der Waals surface area (Å²) in [5, 5.41) is 0. The molecule has 9 nitrogen and oxygen atoms in total. The van der Waals surface area contributed by atoms with Gasteiger partial charge >= 0.3 is 11.8 Å². The van der Waals surface area contributed by atoms with Gasteiger partial charge in [-0.25, -0.2) is 14.0 Å². The minimum Gasteiger partial charge on any atom is -0.444 e. The molecule has 0 unspecified atom stereocenters. The first-order valence-electron chi connectivity index (χ1n) is 13.6. The Bertz CT molecular complexity index is 1200. The van der Waals surface area contributed by atoms with E-state index in [9.17, 15) is 9.59 Å². The SMILES string of the molecule is Cn1c(=O)n(COCC[Si](C)(C)C)c2ccc(F)c(N3CC(CN4CCN(C(=O)OC(C)(C)C)CC4)C3)c21. The Balaban J connectivity index is 1.36. The monoisotopic (exact) mass is 549 g/mol. The van der Waals surface area contributed by atoms with Gasteiger partial charge in [0, 0.05) is 73.5 Å². The third kappa shape index (κ3) is 6.60. The van der Waals surface area contributed by atoms with Crippen LogP contribution in [0.2, 0.25) is 25.7 Å². The molecule has 3 heterocycles. The van der Waals surface area contributed by atoms with Crippen molar-refractivity contribution in [2.75, 3.05) is 57.3 Å². The highest BCUT2D eigenvalue weighted by atomic mass is 28.3. The molecule has 2 aliphatic heterocycles. The van der Waals surface area contributed by atoms with Gasteiger partial charge in [-0.3, -0.25) is 14.0 Å². The quantitative estimate of drug-likeness (QED) is 0.369. The van der Waals surface area contributed by atoms with Crippen molar-refractivity contribution in [3.63, 3.8) is 0 Å². The molecule has 0 atom stereocenters. The maximum Gasteiger partial charge on any atom is 0.410 e. The molecule has 0 aliphatic carbocycles. The normalized spacial score (nSPS) is 17.8. The van der Waals surface area contributed by atoms with Crippen molar-refractivity contribution in [3.8, 4) is 0 Å². The Kier molecular flexibility index (Phi) is 8.30. The van der Waals surface area contributed by atoms with Crippen molar-refractivity contribution < 1.29 is 18.7 Å². The fourth-order valence-electron chi connectivity index (χ4n) is 5.10. The highest BCUT2D eigenvalue weighted by Gasteiger charge is 2.34. The van der Waals surface area contributed by atoms with Crippen LogP contribution in [0.1, 0.15) is 20.8 Å². The summed E-state index contributed by atoms with van der Waals surface area (Å²) >= 11 is 0. The fourth-order valence-corrected chi connectivity index (χ4v) is 5.86. The lowest BCUT2D eigenvalue weighted by molar-refractivity contribution is 0.0129. The van der Waals surface area contributed by atoms with Crippen LogP contribution in [0, 0.1) is 11.7 Å². The van der Waals surface area contributed by atoms with Gasteiger partial charge in [-0.05, 0) is 38.9 Å². The van der Waals surface area contributed by atoms with Crippen LogP contribution in [0.4, 0.5) is 14.9 Å². The molecular formula is C27H44FN5O4Si. The van der Waals surface area contributed by atoms with E-state index in [0.29, 0.717) is 42.3 Å². The number of carbonyl (C=O) groups excluding carboxylic acids is 1. The molecule has 11 heteroatoms. The highest BCUT2D eigenvalue weighted by Crippen LogP contribution is 2.34. The topological polar surface area (TPSA) is 72.2 Å². The van der Waals surface area contributed by atoms with Crippen molar-refractivity contribution >= 4 is 30.9 Å². The Morgan fingerprint density at radius 1 is 1.11 bits per heavy atom. The molecule has 0 N–H and O–H groups in total. The number of rotatable bonds is 8. The zero-order valence-corrected chi connectivity index (χ0v) is 25.1. The smallest absolute Gasteiger partial charge is 0.410 e. The predicted octanol–water partition coefficient (Wildman–Crippen LogP) is 3.78. The first kappa shape index (κ1) is 28.6. The van der Waals surface area contributed by atoms with Gasteiger partial charge in [0.15, 0.2) is 0 Å². The van der Waals surface area contributed by atoms with Crippen LogP contribution in [-0.2, 0) is 23.3 Å². The number of aromatic nitrogens is 2. The van der Waals surface area contributed by atoms with Crippen molar-refractivity contribution in [1.82, 2.24) is 18.9 Å². The number of imidazole rings is 1. The number of carbonyl (C=O) groups is 1. The van der Waals surface area contributed by atoms with E-state index < -0.39 is 13.7 Å². The van der Waals surface area contributed by atoms with E-state index in [4.69, 9.17) is 9.47 Å². The minimum atomic E-state index is -1.23. The number of halogens is 1. The molecule has 1 aromatic heterocycles. The molecule has 0 saturated carbocycles. The van der Waals surface area contributed by atoms with Crippen LogP contribution in [0.5, 0.6) is 0 Å². The van der Waals surface area contributed by atoms with Crippen molar-refractivity contribution in [2.24, 2.45) is 13.0 Å². The van der Waals surface area contributed by atoms with Crippen molar-refractivity contribution in [2.45, 2.75) is 58.8 Å². The molecule has 0 radical (unpaired) electrons. The maximum atomic E-state index is 15.1. The summed E-state index contributed by atoms with van der Waals surface area (Å²) in [6.45, 7) is 18.6. The second-order valence-corrected chi connectivity index (χ2v) is 18.5. The number of benzene rings is 1. The lowest BCUT2D eigenvalue weighted by Gasteiger charge is -2.45. The number of amides is 1. The van der Waals surface area contributed by atoms with E-state index in [1.165, 1.54) is 6.07 Å². The van der Waals surface area contributed by atoms with E-state index in [0.717, 1.165) is 38.8 Å². The minimum absolute atomic E-state index is 0.170. The zero-order valence-electron chi connectivity index (χ0n) is 24.1. The molecular weight excluding hydrogens is 505 g/mol. The molecule has 1 aromatic carbocycles. The van der Waals surface area contributed by atoms with Gasteiger partial charge in [0.05, 0.1) is 16.7 Å². The molecule has 2 saturated heterocycles. The largest absolute Gasteiger partial charge is 0.444 e. The number of hydrogen-bond acceptors (Lipinski definition) is 6. The second kappa shape index (κ2) is 11.0. The fraction of sp³-hybridized carbons (Fsp3) is 0.704. The van der Waals surface area contributed by atoms with Crippen LogP contribution in [0.3, 0.4) is 0 Å². The van der Waals surface area contributed by atoms with Gasteiger partial charge < -0.3 is 19.3 Å². The van der Waals surface area contributed by atoms with Crippen LogP contribution in [0.25, 0.3) is 11.0 Å². The predicted molar refractivity (Wildman–Crippen MR) is 151 cm³/mol. The average Bonchev–Trinajstić information content (AvgIpc) is 3.02.